The Kier molecular flexibility index (Phi) is 5.99. The standard InChI is InChI=1S/C25H28ClNO4S/c1-12-10-18-23(32-12)20(16-11-17(26)21-15(13(16)2)8-7-9-30-21)19(14(3)27-18)22(24(28)29)31-25(4,5)6/h10-11,22H,7-9H2,1-6H3,(H,28,29)/t22-/m0/s1. The molecule has 1 N–H and O–H groups in total. The predicted molar refractivity (Wildman–Crippen MR) is 129 cm³/mol. The summed E-state index contributed by atoms with van der Waals surface area (Å²) in [6.45, 7) is 12.2. The van der Waals surface area contributed by atoms with E-state index in [4.69, 9.17) is 26.1 Å². The van der Waals surface area contributed by atoms with Gasteiger partial charge in [0, 0.05) is 21.7 Å². The van der Waals surface area contributed by atoms with E-state index in [9.17, 15) is 9.90 Å². The number of rotatable bonds is 4. The summed E-state index contributed by atoms with van der Waals surface area (Å²) in [4.78, 5) is 18.3. The van der Waals surface area contributed by atoms with Crippen molar-refractivity contribution in [2.45, 2.75) is 66.1 Å². The van der Waals surface area contributed by atoms with E-state index < -0.39 is 17.7 Å². The van der Waals surface area contributed by atoms with Crippen molar-refractivity contribution in [1.29, 1.82) is 0 Å². The summed E-state index contributed by atoms with van der Waals surface area (Å²) in [5, 5.41) is 10.7. The monoisotopic (exact) mass is 473 g/mol. The molecule has 0 fully saturated rings. The number of halogens is 1. The lowest BCUT2D eigenvalue weighted by Crippen LogP contribution is -2.28. The van der Waals surface area contributed by atoms with Crippen molar-refractivity contribution < 1.29 is 19.4 Å². The molecule has 4 rings (SSSR count). The normalized spacial score (nSPS) is 14.8. The van der Waals surface area contributed by atoms with Crippen molar-refractivity contribution in [2.24, 2.45) is 0 Å². The molecule has 0 aliphatic carbocycles. The van der Waals surface area contributed by atoms with Gasteiger partial charge < -0.3 is 14.6 Å². The molecule has 7 heteroatoms. The fourth-order valence-corrected chi connectivity index (χ4v) is 5.70. The Balaban J connectivity index is 2.10. The van der Waals surface area contributed by atoms with Gasteiger partial charge in [0.05, 0.1) is 27.4 Å². The topological polar surface area (TPSA) is 68.7 Å². The number of fused-ring (bicyclic) bond motifs is 2. The third-order valence-electron chi connectivity index (χ3n) is 5.67. The second-order valence-electron chi connectivity index (χ2n) is 9.30. The zero-order valence-corrected chi connectivity index (χ0v) is 20.8. The molecule has 1 aliphatic rings. The van der Waals surface area contributed by atoms with Crippen LogP contribution in [-0.4, -0.2) is 28.3 Å². The number of ether oxygens (including phenoxy) is 2. The lowest BCUT2D eigenvalue weighted by molar-refractivity contribution is -0.160. The third-order valence-corrected chi connectivity index (χ3v) is 7.01. The average molecular weight is 474 g/mol. The van der Waals surface area contributed by atoms with E-state index in [1.54, 1.807) is 11.3 Å². The van der Waals surface area contributed by atoms with E-state index in [2.05, 4.69) is 6.92 Å². The molecule has 0 spiro atoms. The Morgan fingerprint density at radius 2 is 2.00 bits per heavy atom. The predicted octanol–water partition coefficient (Wildman–Crippen LogP) is 6.81. The summed E-state index contributed by atoms with van der Waals surface area (Å²) >= 11 is 8.29. The second-order valence-corrected chi connectivity index (χ2v) is 11.0. The minimum Gasteiger partial charge on any atom is -0.492 e. The van der Waals surface area contributed by atoms with Crippen molar-refractivity contribution in [2.75, 3.05) is 6.61 Å². The van der Waals surface area contributed by atoms with Gasteiger partial charge in [-0.15, -0.1) is 11.3 Å². The molecule has 2 aromatic heterocycles. The van der Waals surface area contributed by atoms with Crippen LogP contribution < -0.4 is 4.74 Å². The first-order chi connectivity index (χ1) is 15.0. The molecule has 0 radical (unpaired) electrons. The number of pyridine rings is 1. The molecule has 32 heavy (non-hydrogen) atoms. The van der Waals surface area contributed by atoms with Crippen molar-refractivity contribution >= 4 is 39.1 Å². The highest BCUT2D eigenvalue weighted by atomic mass is 35.5. The highest BCUT2D eigenvalue weighted by Crippen LogP contribution is 2.47. The van der Waals surface area contributed by atoms with Crippen LogP contribution in [0.1, 0.15) is 60.6 Å². The number of benzene rings is 1. The number of carbonyl (C=O) groups is 1. The average Bonchev–Trinajstić information content (AvgIpc) is 3.07. The van der Waals surface area contributed by atoms with Gasteiger partial charge in [-0.1, -0.05) is 11.6 Å². The summed E-state index contributed by atoms with van der Waals surface area (Å²) in [5.74, 6) is -0.297. The summed E-state index contributed by atoms with van der Waals surface area (Å²) < 4.78 is 12.9. The zero-order valence-electron chi connectivity index (χ0n) is 19.3. The largest absolute Gasteiger partial charge is 0.492 e. The van der Waals surface area contributed by atoms with E-state index in [0.717, 1.165) is 55.9 Å². The van der Waals surface area contributed by atoms with E-state index in [1.165, 1.54) is 0 Å². The van der Waals surface area contributed by atoms with E-state index in [1.807, 2.05) is 46.8 Å². The van der Waals surface area contributed by atoms with Crippen LogP contribution in [0.15, 0.2) is 12.1 Å². The van der Waals surface area contributed by atoms with E-state index in [0.29, 0.717) is 22.9 Å². The molecular formula is C25H28ClNO4S. The Hall–Kier alpha value is -2.15. The smallest absolute Gasteiger partial charge is 0.337 e. The Labute approximate surface area is 197 Å². The van der Waals surface area contributed by atoms with E-state index >= 15 is 0 Å². The SMILES string of the molecule is Cc1cc2nc(C)c([C@H](OC(C)(C)C)C(=O)O)c(-c3cc(Cl)c4c(c3C)CCCO4)c2s1. The van der Waals surface area contributed by atoms with Gasteiger partial charge in [0.25, 0.3) is 0 Å². The zero-order chi connectivity index (χ0) is 23.4. The van der Waals surface area contributed by atoms with Gasteiger partial charge in [-0.3, -0.25) is 4.98 Å². The third kappa shape index (κ3) is 4.12. The van der Waals surface area contributed by atoms with Gasteiger partial charge in [0.2, 0.25) is 0 Å². The van der Waals surface area contributed by atoms with Crippen LogP contribution in [0.4, 0.5) is 0 Å². The number of hydrogen-bond acceptors (Lipinski definition) is 5. The second kappa shape index (κ2) is 8.32. The summed E-state index contributed by atoms with van der Waals surface area (Å²) in [5.41, 5.74) is 5.33. The number of aromatic nitrogens is 1. The molecule has 0 bridgehead atoms. The summed E-state index contributed by atoms with van der Waals surface area (Å²) in [7, 11) is 0. The van der Waals surface area contributed by atoms with Crippen molar-refractivity contribution in [1.82, 2.24) is 4.98 Å². The number of aryl methyl sites for hydroxylation is 2. The molecule has 3 heterocycles. The van der Waals surface area contributed by atoms with Crippen LogP contribution in [0, 0.1) is 20.8 Å². The maximum absolute atomic E-state index is 12.4. The van der Waals surface area contributed by atoms with Crippen LogP contribution >= 0.6 is 22.9 Å². The molecule has 0 amide bonds. The molecular weight excluding hydrogens is 446 g/mol. The number of hydrogen-bond donors (Lipinski definition) is 1. The van der Waals surface area contributed by atoms with Gasteiger partial charge in [0.15, 0.2) is 6.10 Å². The van der Waals surface area contributed by atoms with Crippen LogP contribution in [-0.2, 0) is 16.0 Å². The van der Waals surface area contributed by atoms with Crippen molar-refractivity contribution in [3.63, 3.8) is 0 Å². The number of nitrogens with zero attached hydrogens (tertiary/aromatic N) is 1. The maximum atomic E-state index is 12.4. The van der Waals surface area contributed by atoms with Crippen molar-refractivity contribution in [3.05, 3.63) is 44.4 Å². The van der Waals surface area contributed by atoms with Crippen LogP contribution in [0.3, 0.4) is 0 Å². The van der Waals surface area contributed by atoms with Gasteiger partial charge in [0.1, 0.15) is 5.75 Å². The number of thiophene rings is 1. The number of carboxylic acids is 1. The highest BCUT2D eigenvalue weighted by Gasteiger charge is 2.34. The minimum absolute atomic E-state index is 0.547. The lowest BCUT2D eigenvalue weighted by Gasteiger charge is -2.29. The fourth-order valence-electron chi connectivity index (χ4n) is 4.40. The highest BCUT2D eigenvalue weighted by molar-refractivity contribution is 7.19. The Morgan fingerprint density at radius 1 is 1.28 bits per heavy atom. The molecule has 170 valence electrons. The molecule has 3 aromatic rings. The van der Waals surface area contributed by atoms with Crippen LogP contribution in [0.2, 0.25) is 5.02 Å². The van der Waals surface area contributed by atoms with Gasteiger partial charge >= 0.3 is 5.97 Å². The molecule has 0 unspecified atom stereocenters. The van der Waals surface area contributed by atoms with E-state index in [-0.39, 0.29) is 0 Å². The number of aliphatic carboxylic acids is 1. The molecule has 0 saturated heterocycles. The number of carboxylic acid groups (broad SMARTS) is 1. The molecule has 1 aliphatic heterocycles. The quantitative estimate of drug-likeness (QED) is 0.450. The Morgan fingerprint density at radius 3 is 2.66 bits per heavy atom. The van der Waals surface area contributed by atoms with Gasteiger partial charge in [-0.25, -0.2) is 4.79 Å². The minimum atomic E-state index is -1.16. The first kappa shape index (κ1) is 23.0. The van der Waals surface area contributed by atoms with Crippen molar-refractivity contribution in [3.8, 4) is 16.9 Å². The fraction of sp³-hybridized carbons (Fsp3) is 0.440. The molecule has 1 aromatic carbocycles. The summed E-state index contributed by atoms with van der Waals surface area (Å²) in [6.07, 6.45) is 0.644. The van der Waals surface area contributed by atoms with Crippen LogP contribution in [0.5, 0.6) is 5.75 Å². The molecule has 5 nitrogen and oxygen atoms in total. The summed E-state index contributed by atoms with van der Waals surface area (Å²) in [6, 6.07) is 3.95. The lowest BCUT2D eigenvalue weighted by atomic mass is 9.88. The van der Waals surface area contributed by atoms with Gasteiger partial charge in [-0.2, -0.15) is 0 Å². The first-order valence-electron chi connectivity index (χ1n) is 10.7. The maximum Gasteiger partial charge on any atom is 0.337 e. The molecule has 1 atom stereocenters. The Bertz CT molecular complexity index is 1230. The molecule has 0 saturated carbocycles. The van der Waals surface area contributed by atoms with Crippen LogP contribution in [0.25, 0.3) is 21.3 Å². The van der Waals surface area contributed by atoms with Gasteiger partial charge in [-0.05, 0) is 83.2 Å². The first-order valence-corrected chi connectivity index (χ1v) is 11.9.